The lowest BCUT2D eigenvalue weighted by Crippen LogP contribution is -2.35. The third-order valence-electron chi connectivity index (χ3n) is 3.54. The predicted molar refractivity (Wildman–Crippen MR) is 67.9 cm³/mol. The molecule has 0 radical (unpaired) electrons. The first-order valence-corrected chi connectivity index (χ1v) is 6.05. The molecule has 0 spiro atoms. The van der Waals surface area contributed by atoms with Crippen LogP contribution in [0.5, 0.6) is 0 Å². The number of nitrogens with zero attached hydrogens (tertiary/aromatic N) is 3. The van der Waals surface area contributed by atoms with Crippen LogP contribution in [-0.4, -0.2) is 34.5 Å². The van der Waals surface area contributed by atoms with Crippen molar-refractivity contribution in [3.63, 3.8) is 0 Å². The first kappa shape index (κ1) is 12.8. The fourth-order valence-electron chi connectivity index (χ4n) is 2.38. The molecule has 6 nitrogen and oxygen atoms in total. The Hall–Kier alpha value is -1.69. The van der Waals surface area contributed by atoms with Crippen LogP contribution in [-0.2, 0) is 0 Å². The van der Waals surface area contributed by atoms with E-state index in [9.17, 15) is 14.9 Å². The molecule has 0 bridgehead atoms. The topological polar surface area (TPSA) is 68.4 Å². The highest BCUT2D eigenvalue weighted by Crippen LogP contribution is 2.23. The molecule has 0 N–H and O–H groups in total. The van der Waals surface area contributed by atoms with Crippen LogP contribution < -0.4 is 5.56 Å². The monoisotopic (exact) mass is 251 g/mol. The van der Waals surface area contributed by atoms with E-state index in [1.165, 1.54) is 16.8 Å². The van der Waals surface area contributed by atoms with Crippen LogP contribution in [0.2, 0.25) is 0 Å². The van der Waals surface area contributed by atoms with Gasteiger partial charge in [0.1, 0.15) is 0 Å². The van der Waals surface area contributed by atoms with Crippen molar-refractivity contribution < 1.29 is 4.92 Å². The van der Waals surface area contributed by atoms with Gasteiger partial charge in [0.25, 0.3) is 11.2 Å². The number of hydrogen-bond donors (Lipinski definition) is 0. The van der Waals surface area contributed by atoms with E-state index in [1.54, 1.807) is 6.92 Å². The fourth-order valence-corrected chi connectivity index (χ4v) is 2.38. The second-order valence-corrected chi connectivity index (χ2v) is 4.88. The Kier molecular flexibility index (Phi) is 3.47. The summed E-state index contributed by atoms with van der Waals surface area (Å²) < 4.78 is 1.53. The van der Waals surface area contributed by atoms with Gasteiger partial charge in [-0.3, -0.25) is 14.9 Å². The highest BCUT2D eigenvalue weighted by Gasteiger charge is 2.22. The Morgan fingerprint density at radius 3 is 2.56 bits per heavy atom. The Bertz CT molecular complexity index is 516. The highest BCUT2D eigenvalue weighted by molar-refractivity contribution is 5.36. The number of piperidine rings is 1. The Balaban J connectivity index is 2.36. The van der Waals surface area contributed by atoms with Gasteiger partial charge in [-0.15, -0.1) is 0 Å². The molecule has 1 aromatic heterocycles. The number of rotatable bonds is 2. The van der Waals surface area contributed by atoms with Crippen molar-refractivity contribution in [3.05, 3.63) is 38.3 Å². The van der Waals surface area contributed by atoms with Crippen molar-refractivity contribution in [2.45, 2.75) is 25.8 Å². The first-order chi connectivity index (χ1) is 8.49. The van der Waals surface area contributed by atoms with E-state index in [-0.39, 0.29) is 17.3 Å². The van der Waals surface area contributed by atoms with Crippen molar-refractivity contribution in [2.75, 3.05) is 20.1 Å². The summed E-state index contributed by atoms with van der Waals surface area (Å²) in [5.41, 5.74) is 0.301. The molecule has 0 aromatic carbocycles. The summed E-state index contributed by atoms with van der Waals surface area (Å²) in [4.78, 5) is 24.6. The molecule has 1 aliphatic heterocycles. The lowest BCUT2D eigenvalue weighted by Gasteiger charge is -2.30. The highest BCUT2D eigenvalue weighted by atomic mass is 16.6. The Labute approximate surface area is 105 Å². The lowest BCUT2D eigenvalue weighted by atomic mass is 10.0. The van der Waals surface area contributed by atoms with Crippen molar-refractivity contribution in [1.29, 1.82) is 0 Å². The molecule has 2 heterocycles. The number of hydrogen-bond acceptors (Lipinski definition) is 4. The molecule has 1 fully saturated rings. The Morgan fingerprint density at radius 1 is 1.39 bits per heavy atom. The summed E-state index contributed by atoms with van der Waals surface area (Å²) in [5, 5.41) is 10.9. The molecule has 2 rings (SSSR count). The summed E-state index contributed by atoms with van der Waals surface area (Å²) in [5.74, 6) is 0. The number of aromatic nitrogens is 1. The zero-order valence-electron chi connectivity index (χ0n) is 10.6. The average Bonchev–Trinajstić information content (AvgIpc) is 2.30. The van der Waals surface area contributed by atoms with Crippen LogP contribution in [0.4, 0.5) is 5.69 Å². The van der Waals surface area contributed by atoms with Crippen molar-refractivity contribution in [3.8, 4) is 0 Å². The number of aryl methyl sites for hydroxylation is 1. The molecule has 0 saturated carbocycles. The molecule has 0 aliphatic carbocycles. The van der Waals surface area contributed by atoms with Crippen LogP contribution in [0, 0.1) is 17.0 Å². The fraction of sp³-hybridized carbons (Fsp3) is 0.583. The van der Waals surface area contributed by atoms with Crippen LogP contribution in [0.15, 0.2) is 17.1 Å². The maximum atomic E-state index is 11.9. The van der Waals surface area contributed by atoms with Gasteiger partial charge in [-0.25, -0.2) is 0 Å². The largest absolute Gasteiger partial charge is 0.306 e. The molecule has 1 aromatic rings. The van der Waals surface area contributed by atoms with Gasteiger partial charge in [-0.1, -0.05) is 0 Å². The van der Waals surface area contributed by atoms with Crippen LogP contribution in [0.3, 0.4) is 0 Å². The zero-order valence-corrected chi connectivity index (χ0v) is 10.6. The average molecular weight is 251 g/mol. The molecule has 1 aliphatic rings. The minimum Gasteiger partial charge on any atom is -0.306 e. The normalized spacial score (nSPS) is 17.9. The number of pyridine rings is 1. The van der Waals surface area contributed by atoms with Crippen molar-refractivity contribution in [2.24, 2.45) is 0 Å². The second kappa shape index (κ2) is 4.89. The zero-order chi connectivity index (χ0) is 13.3. The van der Waals surface area contributed by atoms with Crippen LogP contribution in [0.25, 0.3) is 0 Å². The maximum Gasteiger partial charge on any atom is 0.288 e. The third-order valence-corrected chi connectivity index (χ3v) is 3.54. The summed E-state index contributed by atoms with van der Waals surface area (Å²) >= 11 is 0. The van der Waals surface area contributed by atoms with Gasteiger partial charge in [-0.05, 0) is 39.9 Å². The van der Waals surface area contributed by atoms with Gasteiger partial charge in [0.05, 0.1) is 11.1 Å². The lowest BCUT2D eigenvalue weighted by molar-refractivity contribution is -0.386. The second-order valence-electron chi connectivity index (χ2n) is 4.88. The molecule has 1 saturated heterocycles. The smallest absolute Gasteiger partial charge is 0.288 e. The minimum absolute atomic E-state index is 0.0218. The van der Waals surface area contributed by atoms with E-state index >= 15 is 0 Å². The number of nitro groups is 1. The van der Waals surface area contributed by atoms with Gasteiger partial charge in [0.2, 0.25) is 0 Å². The van der Waals surface area contributed by atoms with E-state index in [0.29, 0.717) is 5.56 Å². The van der Waals surface area contributed by atoms with Crippen LogP contribution >= 0.6 is 0 Å². The molecular formula is C12H17N3O3. The van der Waals surface area contributed by atoms with E-state index in [4.69, 9.17) is 0 Å². The SMILES string of the molecule is Cc1cc(=O)n(C2CCN(C)CC2)cc1[N+](=O)[O-]. The summed E-state index contributed by atoms with van der Waals surface area (Å²) in [6.45, 7) is 3.43. The molecular weight excluding hydrogens is 234 g/mol. The Morgan fingerprint density at radius 2 is 2.00 bits per heavy atom. The van der Waals surface area contributed by atoms with E-state index < -0.39 is 4.92 Å². The van der Waals surface area contributed by atoms with Gasteiger partial charge in [-0.2, -0.15) is 0 Å². The molecule has 0 unspecified atom stereocenters. The summed E-state index contributed by atoms with van der Waals surface area (Å²) in [6, 6.07) is 1.43. The van der Waals surface area contributed by atoms with E-state index in [0.717, 1.165) is 25.9 Å². The standard InChI is InChI=1S/C12H17N3O3/c1-9-7-12(16)14(8-11(9)15(17)18)10-3-5-13(2)6-4-10/h7-8,10H,3-6H2,1-2H3. The number of likely N-dealkylation sites (tertiary alicyclic amines) is 1. The van der Waals surface area contributed by atoms with Gasteiger partial charge >= 0.3 is 0 Å². The molecule has 18 heavy (non-hydrogen) atoms. The summed E-state index contributed by atoms with van der Waals surface area (Å²) in [7, 11) is 2.04. The van der Waals surface area contributed by atoms with Crippen molar-refractivity contribution >= 4 is 5.69 Å². The van der Waals surface area contributed by atoms with E-state index in [1.807, 2.05) is 7.05 Å². The first-order valence-electron chi connectivity index (χ1n) is 6.05. The van der Waals surface area contributed by atoms with Gasteiger partial charge < -0.3 is 9.47 Å². The van der Waals surface area contributed by atoms with Gasteiger partial charge in [0.15, 0.2) is 0 Å². The predicted octanol–water partition coefficient (Wildman–Crippen LogP) is 1.33. The van der Waals surface area contributed by atoms with Crippen LogP contribution in [0.1, 0.15) is 24.4 Å². The summed E-state index contributed by atoms with van der Waals surface area (Å²) in [6.07, 6.45) is 3.11. The molecule has 98 valence electrons. The molecule has 0 amide bonds. The van der Waals surface area contributed by atoms with Gasteiger partial charge in [0, 0.05) is 17.7 Å². The molecule has 0 atom stereocenters. The minimum atomic E-state index is -0.430. The van der Waals surface area contributed by atoms with Crippen molar-refractivity contribution in [1.82, 2.24) is 9.47 Å². The molecule has 6 heteroatoms. The van der Waals surface area contributed by atoms with E-state index in [2.05, 4.69) is 4.90 Å². The quantitative estimate of drug-likeness (QED) is 0.587. The maximum absolute atomic E-state index is 11.9. The third kappa shape index (κ3) is 2.43.